The zero-order valence-electron chi connectivity index (χ0n) is 9.72. The number of rotatable bonds is 1. The SMILES string of the molecule is CC(C)N1CCn2c(nc3cccnc32)C1. The first-order valence-electron chi connectivity index (χ1n) is 5.80. The topological polar surface area (TPSA) is 34.0 Å². The van der Waals surface area contributed by atoms with Gasteiger partial charge in [-0.15, -0.1) is 0 Å². The van der Waals surface area contributed by atoms with Crippen LogP contribution in [-0.2, 0) is 13.1 Å². The smallest absolute Gasteiger partial charge is 0.160 e. The standard InChI is InChI=1S/C12H16N4/c1-9(2)15-6-7-16-11(8-15)14-10-4-3-5-13-12(10)16/h3-5,9H,6-8H2,1-2H3. The fourth-order valence-corrected chi connectivity index (χ4v) is 2.29. The van der Waals surface area contributed by atoms with Crippen LogP contribution in [-0.4, -0.2) is 32.0 Å². The number of aromatic nitrogens is 3. The molecule has 4 nitrogen and oxygen atoms in total. The molecule has 1 aliphatic rings. The molecule has 2 aromatic heterocycles. The third-order valence-electron chi connectivity index (χ3n) is 3.27. The van der Waals surface area contributed by atoms with Gasteiger partial charge in [-0.1, -0.05) is 0 Å². The summed E-state index contributed by atoms with van der Waals surface area (Å²) in [6.07, 6.45) is 1.84. The fraction of sp³-hybridized carbons (Fsp3) is 0.500. The van der Waals surface area contributed by atoms with Gasteiger partial charge in [0.1, 0.15) is 11.3 Å². The van der Waals surface area contributed by atoms with Crippen molar-refractivity contribution < 1.29 is 0 Å². The number of fused-ring (bicyclic) bond motifs is 3. The summed E-state index contributed by atoms with van der Waals surface area (Å²) < 4.78 is 2.24. The Hall–Kier alpha value is -1.42. The average Bonchev–Trinajstić information content (AvgIpc) is 2.66. The monoisotopic (exact) mass is 216 g/mol. The van der Waals surface area contributed by atoms with E-state index >= 15 is 0 Å². The van der Waals surface area contributed by atoms with Crippen molar-refractivity contribution in [3.05, 3.63) is 24.2 Å². The first-order chi connectivity index (χ1) is 7.75. The van der Waals surface area contributed by atoms with E-state index in [0.29, 0.717) is 6.04 Å². The van der Waals surface area contributed by atoms with Crippen LogP contribution in [0.5, 0.6) is 0 Å². The molecule has 0 saturated carbocycles. The van der Waals surface area contributed by atoms with E-state index in [0.717, 1.165) is 36.6 Å². The van der Waals surface area contributed by atoms with Crippen molar-refractivity contribution >= 4 is 11.2 Å². The summed E-state index contributed by atoms with van der Waals surface area (Å²) in [6, 6.07) is 4.57. The molecule has 0 aliphatic carbocycles. The molecule has 0 fully saturated rings. The van der Waals surface area contributed by atoms with Crippen LogP contribution in [0.3, 0.4) is 0 Å². The second kappa shape index (κ2) is 3.56. The van der Waals surface area contributed by atoms with E-state index in [9.17, 15) is 0 Å². The Bertz CT molecular complexity index is 515. The summed E-state index contributed by atoms with van der Waals surface area (Å²) in [5, 5.41) is 0. The zero-order chi connectivity index (χ0) is 11.1. The lowest BCUT2D eigenvalue weighted by Gasteiger charge is -2.30. The summed E-state index contributed by atoms with van der Waals surface area (Å²) in [7, 11) is 0. The highest BCUT2D eigenvalue weighted by molar-refractivity contribution is 5.71. The lowest BCUT2D eigenvalue weighted by Crippen LogP contribution is -2.38. The van der Waals surface area contributed by atoms with Crippen molar-refractivity contribution in [2.45, 2.75) is 33.0 Å². The highest BCUT2D eigenvalue weighted by atomic mass is 15.3. The maximum Gasteiger partial charge on any atom is 0.160 e. The molecule has 0 unspecified atom stereocenters. The van der Waals surface area contributed by atoms with Gasteiger partial charge in [0.05, 0.1) is 6.54 Å². The Morgan fingerprint density at radius 1 is 1.31 bits per heavy atom. The van der Waals surface area contributed by atoms with Gasteiger partial charge in [0, 0.05) is 25.3 Å². The minimum atomic E-state index is 0.585. The molecular formula is C12H16N4. The van der Waals surface area contributed by atoms with Crippen LogP contribution < -0.4 is 0 Å². The van der Waals surface area contributed by atoms with Crippen LogP contribution in [0.25, 0.3) is 11.2 Å². The number of imidazole rings is 1. The van der Waals surface area contributed by atoms with E-state index in [4.69, 9.17) is 0 Å². The van der Waals surface area contributed by atoms with Crippen molar-refractivity contribution in [2.75, 3.05) is 6.54 Å². The highest BCUT2D eigenvalue weighted by Gasteiger charge is 2.21. The number of hydrogen-bond acceptors (Lipinski definition) is 3. The molecule has 0 N–H and O–H groups in total. The Morgan fingerprint density at radius 3 is 3.00 bits per heavy atom. The second-order valence-corrected chi connectivity index (χ2v) is 4.59. The predicted molar refractivity (Wildman–Crippen MR) is 63.1 cm³/mol. The van der Waals surface area contributed by atoms with Gasteiger partial charge in [-0.25, -0.2) is 9.97 Å². The number of pyridine rings is 1. The lowest BCUT2D eigenvalue weighted by atomic mass is 10.2. The van der Waals surface area contributed by atoms with Crippen molar-refractivity contribution in [3.8, 4) is 0 Å². The van der Waals surface area contributed by atoms with Crippen molar-refractivity contribution in [3.63, 3.8) is 0 Å². The Kier molecular flexibility index (Phi) is 2.17. The van der Waals surface area contributed by atoms with E-state index in [1.165, 1.54) is 0 Å². The van der Waals surface area contributed by atoms with Crippen LogP contribution in [0.1, 0.15) is 19.7 Å². The Morgan fingerprint density at radius 2 is 2.19 bits per heavy atom. The first kappa shape index (κ1) is 9.78. The molecule has 3 heterocycles. The molecule has 0 saturated heterocycles. The Labute approximate surface area is 94.9 Å². The van der Waals surface area contributed by atoms with E-state index < -0.39 is 0 Å². The summed E-state index contributed by atoms with van der Waals surface area (Å²) >= 11 is 0. The van der Waals surface area contributed by atoms with E-state index in [2.05, 4.69) is 33.3 Å². The molecular weight excluding hydrogens is 200 g/mol. The van der Waals surface area contributed by atoms with Gasteiger partial charge < -0.3 is 4.57 Å². The van der Waals surface area contributed by atoms with Crippen LogP contribution in [0, 0.1) is 0 Å². The molecule has 0 aromatic carbocycles. The van der Waals surface area contributed by atoms with Gasteiger partial charge >= 0.3 is 0 Å². The number of hydrogen-bond donors (Lipinski definition) is 0. The van der Waals surface area contributed by atoms with Crippen LogP contribution in [0.2, 0.25) is 0 Å². The molecule has 4 heteroatoms. The molecule has 0 radical (unpaired) electrons. The van der Waals surface area contributed by atoms with Crippen molar-refractivity contribution in [1.29, 1.82) is 0 Å². The zero-order valence-corrected chi connectivity index (χ0v) is 9.72. The van der Waals surface area contributed by atoms with E-state index in [-0.39, 0.29) is 0 Å². The first-order valence-corrected chi connectivity index (χ1v) is 5.80. The largest absolute Gasteiger partial charge is 0.310 e. The molecule has 0 amide bonds. The normalized spacial score (nSPS) is 16.9. The van der Waals surface area contributed by atoms with Gasteiger partial charge in [-0.3, -0.25) is 4.90 Å². The molecule has 3 rings (SSSR count). The van der Waals surface area contributed by atoms with Gasteiger partial charge in [0.2, 0.25) is 0 Å². The van der Waals surface area contributed by atoms with Crippen molar-refractivity contribution in [1.82, 2.24) is 19.4 Å². The summed E-state index contributed by atoms with van der Waals surface area (Å²) in [4.78, 5) is 11.5. The molecule has 2 aromatic rings. The Balaban J connectivity index is 2.06. The molecule has 1 aliphatic heterocycles. The quantitative estimate of drug-likeness (QED) is 0.727. The van der Waals surface area contributed by atoms with E-state index in [1.807, 2.05) is 18.3 Å². The van der Waals surface area contributed by atoms with Gasteiger partial charge in [0.15, 0.2) is 5.65 Å². The van der Waals surface area contributed by atoms with Crippen LogP contribution in [0.15, 0.2) is 18.3 Å². The molecule has 16 heavy (non-hydrogen) atoms. The molecule has 0 bridgehead atoms. The van der Waals surface area contributed by atoms with Gasteiger partial charge in [-0.05, 0) is 26.0 Å². The fourth-order valence-electron chi connectivity index (χ4n) is 2.29. The van der Waals surface area contributed by atoms with Gasteiger partial charge in [-0.2, -0.15) is 0 Å². The highest BCUT2D eigenvalue weighted by Crippen LogP contribution is 2.19. The molecule has 0 spiro atoms. The summed E-state index contributed by atoms with van der Waals surface area (Å²) in [5.74, 6) is 1.15. The van der Waals surface area contributed by atoms with Crippen LogP contribution in [0.4, 0.5) is 0 Å². The lowest BCUT2D eigenvalue weighted by molar-refractivity contribution is 0.175. The summed E-state index contributed by atoms with van der Waals surface area (Å²) in [6.45, 7) is 7.49. The number of nitrogens with zero attached hydrogens (tertiary/aromatic N) is 4. The minimum absolute atomic E-state index is 0.585. The van der Waals surface area contributed by atoms with Gasteiger partial charge in [0.25, 0.3) is 0 Å². The molecule has 0 atom stereocenters. The summed E-state index contributed by atoms with van der Waals surface area (Å²) in [5.41, 5.74) is 2.05. The maximum atomic E-state index is 4.64. The third-order valence-corrected chi connectivity index (χ3v) is 3.27. The van der Waals surface area contributed by atoms with Crippen LogP contribution >= 0.6 is 0 Å². The maximum absolute atomic E-state index is 4.64. The average molecular weight is 216 g/mol. The molecule has 84 valence electrons. The van der Waals surface area contributed by atoms with Crippen molar-refractivity contribution in [2.24, 2.45) is 0 Å². The third kappa shape index (κ3) is 1.41. The minimum Gasteiger partial charge on any atom is -0.310 e. The second-order valence-electron chi connectivity index (χ2n) is 4.59. The van der Waals surface area contributed by atoms with E-state index in [1.54, 1.807) is 0 Å². The predicted octanol–water partition coefficient (Wildman–Crippen LogP) is 1.66.